The van der Waals surface area contributed by atoms with E-state index in [0.29, 0.717) is 6.42 Å². The molecular weight excluding hydrogens is 156 g/mol. The molecule has 0 heterocycles. The molecule has 0 saturated carbocycles. The fourth-order valence-electron chi connectivity index (χ4n) is 0.257. The van der Waals surface area contributed by atoms with E-state index in [1.54, 1.807) is 0 Å². The van der Waals surface area contributed by atoms with Crippen molar-refractivity contribution in [1.29, 1.82) is 5.41 Å². The summed E-state index contributed by atoms with van der Waals surface area (Å²) in [5.41, 5.74) is 5.04. The molecule has 0 aromatic rings. The first kappa shape index (κ1) is 6.95. The van der Waals surface area contributed by atoms with E-state index in [2.05, 4.69) is 15.9 Å². The third-order valence-electron chi connectivity index (χ3n) is 0.580. The monoisotopic (exact) mass is 164 g/mol. The van der Waals surface area contributed by atoms with Crippen LogP contribution >= 0.6 is 15.9 Å². The Labute approximate surface area is 51.7 Å². The Morgan fingerprint density at radius 2 is 2.29 bits per heavy atom. The zero-order valence-corrected chi connectivity index (χ0v) is 5.66. The normalized spacial score (nSPS) is 8.71. The average molecular weight is 165 g/mol. The summed E-state index contributed by atoms with van der Waals surface area (Å²) in [6.45, 7) is 0. The van der Waals surface area contributed by atoms with Crippen molar-refractivity contribution in [2.75, 3.05) is 5.33 Å². The van der Waals surface area contributed by atoms with Crippen LogP contribution in [0.5, 0.6) is 0 Å². The van der Waals surface area contributed by atoms with E-state index < -0.39 is 0 Å². The van der Waals surface area contributed by atoms with E-state index >= 15 is 0 Å². The molecule has 42 valence electrons. The molecule has 3 N–H and O–H groups in total. The molecule has 7 heavy (non-hydrogen) atoms. The lowest BCUT2D eigenvalue weighted by molar-refractivity contribution is 0.996. The Bertz CT molecular complexity index is 62.7. The van der Waals surface area contributed by atoms with Gasteiger partial charge < -0.3 is 5.73 Å². The van der Waals surface area contributed by atoms with E-state index in [4.69, 9.17) is 11.1 Å². The zero-order valence-electron chi connectivity index (χ0n) is 4.08. The van der Waals surface area contributed by atoms with E-state index in [0.717, 1.165) is 11.8 Å². The molecule has 0 spiro atoms. The Morgan fingerprint density at radius 1 is 1.71 bits per heavy atom. The first-order chi connectivity index (χ1) is 3.27. The van der Waals surface area contributed by atoms with Gasteiger partial charge in [-0.25, -0.2) is 0 Å². The molecule has 0 atom stereocenters. The number of hydrogen-bond acceptors (Lipinski definition) is 1. The predicted octanol–water partition coefficient (Wildman–Crippen LogP) is 1.10. The quantitative estimate of drug-likeness (QED) is 0.367. The summed E-state index contributed by atoms with van der Waals surface area (Å²) < 4.78 is 0. The molecule has 0 bridgehead atoms. The highest BCUT2D eigenvalue weighted by Crippen LogP contribution is 1.90. The maximum Gasteiger partial charge on any atom is 0.0905 e. The third kappa shape index (κ3) is 5.95. The van der Waals surface area contributed by atoms with E-state index in [-0.39, 0.29) is 5.84 Å². The molecule has 0 radical (unpaired) electrons. The zero-order chi connectivity index (χ0) is 5.70. The number of nitrogens with two attached hydrogens (primary N) is 1. The lowest BCUT2D eigenvalue weighted by Gasteiger charge is -1.89. The Kier molecular flexibility index (Phi) is 4.09. The Balaban J connectivity index is 2.82. The fraction of sp³-hybridized carbons (Fsp3) is 0.750. The molecular formula is C4H9BrN2. The van der Waals surface area contributed by atoms with Gasteiger partial charge >= 0.3 is 0 Å². The summed E-state index contributed by atoms with van der Waals surface area (Å²) in [4.78, 5) is 0. The van der Waals surface area contributed by atoms with Crippen molar-refractivity contribution >= 4 is 21.8 Å². The topological polar surface area (TPSA) is 49.9 Å². The average Bonchev–Trinajstić information content (AvgIpc) is 1.61. The van der Waals surface area contributed by atoms with Crippen molar-refractivity contribution < 1.29 is 0 Å². The number of hydrogen-bond donors (Lipinski definition) is 2. The van der Waals surface area contributed by atoms with Crippen LogP contribution in [0, 0.1) is 5.41 Å². The highest BCUT2D eigenvalue weighted by Gasteiger charge is 1.84. The smallest absolute Gasteiger partial charge is 0.0905 e. The maximum atomic E-state index is 6.75. The number of nitrogens with one attached hydrogen (secondary N) is 1. The van der Waals surface area contributed by atoms with Crippen LogP contribution in [-0.2, 0) is 0 Å². The highest BCUT2D eigenvalue weighted by atomic mass is 79.9. The maximum absolute atomic E-state index is 6.75. The molecule has 0 amide bonds. The van der Waals surface area contributed by atoms with Gasteiger partial charge in [0.25, 0.3) is 0 Å². The molecule has 3 heteroatoms. The third-order valence-corrected chi connectivity index (χ3v) is 1.14. The fourth-order valence-corrected chi connectivity index (χ4v) is 0.538. The standard InChI is InChI=1S/C4H9BrN2/c5-3-1-2-4(6)7/h1-3H2,(H3,6,7). The molecule has 0 unspecified atom stereocenters. The second-order valence-corrected chi connectivity index (χ2v) is 2.11. The summed E-state index contributed by atoms with van der Waals surface area (Å²) in [7, 11) is 0. The van der Waals surface area contributed by atoms with Crippen LogP contribution in [0.1, 0.15) is 12.8 Å². The lowest BCUT2D eigenvalue weighted by Crippen LogP contribution is -2.08. The summed E-state index contributed by atoms with van der Waals surface area (Å²) in [6.07, 6.45) is 1.68. The summed E-state index contributed by atoms with van der Waals surface area (Å²) >= 11 is 3.23. The minimum Gasteiger partial charge on any atom is -0.388 e. The van der Waals surface area contributed by atoms with Crippen LogP contribution in [0.25, 0.3) is 0 Å². The second kappa shape index (κ2) is 4.12. The van der Waals surface area contributed by atoms with Gasteiger partial charge in [-0.15, -0.1) is 0 Å². The molecule has 0 aliphatic heterocycles. The largest absolute Gasteiger partial charge is 0.388 e. The first-order valence-corrected chi connectivity index (χ1v) is 3.28. The van der Waals surface area contributed by atoms with Crippen molar-refractivity contribution in [3.63, 3.8) is 0 Å². The molecule has 0 rings (SSSR count). The van der Waals surface area contributed by atoms with Gasteiger partial charge in [0, 0.05) is 11.8 Å². The SMILES string of the molecule is N=C(N)CCCBr. The van der Waals surface area contributed by atoms with E-state index in [1.165, 1.54) is 0 Å². The minimum atomic E-state index is 0.277. The number of rotatable bonds is 3. The minimum absolute atomic E-state index is 0.277. The van der Waals surface area contributed by atoms with Crippen LogP contribution in [0.4, 0.5) is 0 Å². The van der Waals surface area contributed by atoms with Crippen molar-refractivity contribution in [3.8, 4) is 0 Å². The number of amidine groups is 1. The molecule has 0 aliphatic carbocycles. The molecule has 0 aromatic heterocycles. The molecule has 0 saturated heterocycles. The second-order valence-electron chi connectivity index (χ2n) is 1.32. The molecule has 0 aliphatic rings. The molecule has 0 fully saturated rings. The van der Waals surface area contributed by atoms with Gasteiger partial charge in [-0.3, -0.25) is 5.41 Å². The van der Waals surface area contributed by atoms with Gasteiger partial charge in [0.2, 0.25) is 0 Å². The molecule has 2 nitrogen and oxygen atoms in total. The van der Waals surface area contributed by atoms with Crippen molar-refractivity contribution in [1.82, 2.24) is 0 Å². The lowest BCUT2D eigenvalue weighted by atomic mass is 10.3. The Hall–Kier alpha value is -0.0500. The van der Waals surface area contributed by atoms with Gasteiger partial charge in [0.1, 0.15) is 0 Å². The predicted molar refractivity (Wildman–Crippen MR) is 34.9 cm³/mol. The van der Waals surface area contributed by atoms with Crippen LogP contribution in [0.15, 0.2) is 0 Å². The van der Waals surface area contributed by atoms with Gasteiger partial charge in [-0.2, -0.15) is 0 Å². The number of halogens is 1. The summed E-state index contributed by atoms with van der Waals surface area (Å²) in [5.74, 6) is 0.277. The van der Waals surface area contributed by atoms with Crippen molar-refractivity contribution in [3.05, 3.63) is 0 Å². The van der Waals surface area contributed by atoms with Crippen molar-refractivity contribution in [2.24, 2.45) is 5.73 Å². The van der Waals surface area contributed by atoms with Gasteiger partial charge in [0.05, 0.1) is 5.84 Å². The van der Waals surface area contributed by atoms with E-state index in [1.807, 2.05) is 0 Å². The van der Waals surface area contributed by atoms with Gasteiger partial charge in [-0.05, 0) is 6.42 Å². The van der Waals surface area contributed by atoms with Crippen LogP contribution in [0.2, 0.25) is 0 Å². The first-order valence-electron chi connectivity index (χ1n) is 2.16. The number of alkyl halides is 1. The van der Waals surface area contributed by atoms with Gasteiger partial charge in [0.15, 0.2) is 0 Å². The summed E-state index contributed by atoms with van der Waals surface area (Å²) in [6, 6.07) is 0. The highest BCUT2D eigenvalue weighted by molar-refractivity contribution is 9.09. The Morgan fingerprint density at radius 3 is 2.43 bits per heavy atom. The van der Waals surface area contributed by atoms with Crippen LogP contribution in [0.3, 0.4) is 0 Å². The van der Waals surface area contributed by atoms with E-state index in [9.17, 15) is 0 Å². The van der Waals surface area contributed by atoms with Crippen LogP contribution < -0.4 is 5.73 Å². The van der Waals surface area contributed by atoms with Crippen LogP contribution in [-0.4, -0.2) is 11.2 Å². The summed E-state index contributed by atoms with van der Waals surface area (Å²) in [5, 5.41) is 7.69. The molecule has 0 aromatic carbocycles. The van der Waals surface area contributed by atoms with Crippen molar-refractivity contribution in [2.45, 2.75) is 12.8 Å². The van der Waals surface area contributed by atoms with Gasteiger partial charge in [-0.1, -0.05) is 15.9 Å².